The van der Waals surface area contributed by atoms with Crippen molar-refractivity contribution < 1.29 is 23.5 Å². The molecule has 1 rings (SSSR count). The van der Waals surface area contributed by atoms with Crippen LogP contribution in [0.5, 0.6) is 5.75 Å². The van der Waals surface area contributed by atoms with Crippen LogP contribution >= 0.6 is 7.60 Å². The largest absolute Gasteiger partial charge is 0.507 e. The fraction of sp³-hybridized carbons (Fsp3) is 0.609. The maximum absolute atomic E-state index is 12.7. The van der Waals surface area contributed by atoms with Crippen molar-refractivity contribution in [1.82, 2.24) is 0 Å². The summed E-state index contributed by atoms with van der Waals surface area (Å²) < 4.78 is 23.1. The number of benzene rings is 1. The van der Waals surface area contributed by atoms with Crippen LogP contribution in [0.4, 0.5) is 0 Å². The van der Waals surface area contributed by atoms with Gasteiger partial charge in [0.15, 0.2) is 5.78 Å². The molecular weight excluding hydrogens is 387 g/mol. The van der Waals surface area contributed by atoms with E-state index in [9.17, 15) is 14.5 Å². The maximum atomic E-state index is 12.7. The van der Waals surface area contributed by atoms with Crippen LogP contribution in [-0.4, -0.2) is 30.3 Å². The predicted molar refractivity (Wildman–Crippen MR) is 120 cm³/mol. The zero-order valence-corrected chi connectivity index (χ0v) is 20.3. The van der Waals surface area contributed by atoms with Crippen molar-refractivity contribution in [1.29, 1.82) is 0 Å². The summed E-state index contributed by atoms with van der Waals surface area (Å²) in [5.41, 5.74) is 2.43. The second kappa shape index (κ2) is 9.59. The minimum Gasteiger partial charge on any atom is -0.507 e. The fourth-order valence-corrected chi connectivity index (χ4v) is 4.68. The number of aromatic hydroxyl groups is 1. The van der Waals surface area contributed by atoms with Crippen molar-refractivity contribution in [2.24, 2.45) is 0 Å². The number of carbonyl (C=O) groups excluding carboxylic acids is 1. The Labute approximate surface area is 176 Å². The Morgan fingerprint density at radius 1 is 1.00 bits per heavy atom. The molecule has 1 N–H and O–H groups in total. The number of allylic oxidation sites excluding steroid dienone is 1. The number of rotatable bonds is 8. The summed E-state index contributed by atoms with van der Waals surface area (Å²) >= 11 is 0. The summed E-state index contributed by atoms with van der Waals surface area (Å²) in [6.45, 7) is 17.8. The van der Waals surface area contributed by atoms with Gasteiger partial charge < -0.3 is 14.2 Å². The third kappa shape index (κ3) is 7.09. The Morgan fingerprint density at radius 3 is 1.76 bits per heavy atom. The van der Waals surface area contributed by atoms with Crippen LogP contribution in [0.15, 0.2) is 17.7 Å². The number of carbonyl (C=O) groups is 1. The minimum atomic E-state index is -3.44. The lowest BCUT2D eigenvalue weighted by molar-refractivity contribution is -0.113. The average Bonchev–Trinajstić information content (AvgIpc) is 2.54. The number of hydrogen-bond acceptors (Lipinski definition) is 5. The summed E-state index contributed by atoms with van der Waals surface area (Å²) in [5.74, 6) is 0.0150. The predicted octanol–water partition coefficient (Wildman–Crippen LogP) is 6.23. The maximum Gasteiger partial charge on any atom is 0.338 e. The number of ketones is 1. The molecule has 0 aliphatic heterocycles. The van der Waals surface area contributed by atoms with Crippen LogP contribution in [0.2, 0.25) is 0 Å². The zero-order chi connectivity index (χ0) is 22.6. The van der Waals surface area contributed by atoms with Crippen LogP contribution in [-0.2, 0) is 29.2 Å². The zero-order valence-electron chi connectivity index (χ0n) is 19.4. The molecule has 0 saturated carbocycles. The highest BCUT2D eigenvalue weighted by Crippen LogP contribution is 2.48. The molecule has 0 aliphatic rings. The Balaban J connectivity index is 3.38. The molecule has 0 spiro atoms. The minimum absolute atomic E-state index is 0.217. The molecule has 1 aromatic rings. The number of hydrogen-bond donors (Lipinski definition) is 1. The van der Waals surface area contributed by atoms with Crippen molar-refractivity contribution in [2.75, 3.05) is 19.4 Å². The van der Waals surface area contributed by atoms with E-state index in [1.165, 1.54) is 0 Å². The van der Waals surface area contributed by atoms with E-state index >= 15 is 0 Å². The van der Waals surface area contributed by atoms with E-state index in [2.05, 4.69) is 0 Å². The first kappa shape index (κ1) is 25.6. The molecule has 0 saturated heterocycles. The van der Waals surface area contributed by atoms with Crippen LogP contribution in [0.25, 0.3) is 6.08 Å². The van der Waals surface area contributed by atoms with E-state index < -0.39 is 7.60 Å². The molecule has 1 aromatic carbocycles. The number of phenolic OH excluding ortho intramolecular Hbond substituents is 1. The van der Waals surface area contributed by atoms with Gasteiger partial charge in [-0.3, -0.25) is 9.36 Å². The van der Waals surface area contributed by atoms with E-state index in [4.69, 9.17) is 9.05 Å². The Hall–Kier alpha value is -1.42. The van der Waals surface area contributed by atoms with Gasteiger partial charge >= 0.3 is 7.60 Å². The lowest BCUT2D eigenvalue weighted by Gasteiger charge is -2.28. The first-order valence-corrected chi connectivity index (χ1v) is 11.8. The van der Waals surface area contributed by atoms with E-state index in [1.807, 2.05) is 53.7 Å². The molecule has 0 radical (unpaired) electrons. The van der Waals surface area contributed by atoms with Gasteiger partial charge in [0, 0.05) is 11.1 Å². The van der Waals surface area contributed by atoms with Crippen LogP contribution in [0.3, 0.4) is 0 Å². The van der Waals surface area contributed by atoms with Gasteiger partial charge in [-0.05, 0) is 60.9 Å². The van der Waals surface area contributed by atoms with Crippen LogP contribution in [0.1, 0.15) is 79.0 Å². The van der Waals surface area contributed by atoms with Gasteiger partial charge in [0.1, 0.15) is 11.9 Å². The van der Waals surface area contributed by atoms with Crippen molar-refractivity contribution >= 4 is 19.5 Å². The van der Waals surface area contributed by atoms with E-state index in [-0.39, 0.29) is 36.0 Å². The van der Waals surface area contributed by atoms with Gasteiger partial charge in [0.25, 0.3) is 0 Å². The highest BCUT2D eigenvalue weighted by molar-refractivity contribution is 7.54. The molecule has 164 valence electrons. The second-order valence-corrected chi connectivity index (χ2v) is 11.4. The third-order valence-electron chi connectivity index (χ3n) is 4.56. The highest BCUT2D eigenvalue weighted by Gasteiger charge is 2.29. The summed E-state index contributed by atoms with van der Waals surface area (Å²) in [6.07, 6.45) is 1.49. The quantitative estimate of drug-likeness (QED) is 0.396. The van der Waals surface area contributed by atoms with E-state index in [0.29, 0.717) is 11.3 Å². The molecule has 6 heteroatoms. The topological polar surface area (TPSA) is 72.8 Å². The molecule has 0 amide bonds. The molecule has 0 atom stereocenters. The molecular formula is C23H37O5P. The van der Waals surface area contributed by atoms with Gasteiger partial charge in [-0.1, -0.05) is 41.5 Å². The monoisotopic (exact) mass is 424 g/mol. The summed E-state index contributed by atoms with van der Waals surface area (Å²) in [7, 11) is -3.44. The van der Waals surface area contributed by atoms with Crippen LogP contribution < -0.4 is 0 Å². The lowest BCUT2D eigenvalue weighted by atomic mass is 9.78. The van der Waals surface area contributed by atoms with Crippen molar-refractivity contribution in [3.8, 4) is 5.75 Å². The summed E-state index contributed by atoms with van der Waals surface area (Å²) in [5, 5.41) is 10.8. The first-order chi connectivity index (χ1) is 13.1. The summed E-state index contributed by atoms with van der Waals surface area (Å²) in [4.78, 5) is 12.7. The lowest BCUT2D eigenvalue weighted by Crippen LogP contribution is -2.17. The molecule has 0 fully saturated rings. The molecule has 0 aromatic heterocycles. The Bertz CT molecular complexity index is 765. The van der Waals surface area contributed by atoms with Crippen molar-refractivity contribution in [2.45, 2.75) is 73.1 Å². The fourth-order valence-electron chi connectivity index (χ4n) is 3.04. The molecule has 5 nitrogen and oxygen atoms in total. The molecule has 29 heavy (non-hydrogen) atoms. The molecule has 0 aliphatic carbocycles. The normalized spacial score (nSPS) is 13.6. The molecule has 0 heterocycles. The van der Waals surface area contributed by atoms with Gasteiger partial charge in [-0.15, -0.1) is 0 Å². The Morgan fingerprint density at radius 2 is 1.41 bits per heavy atom. The van der Waals surface area contributed by atoms with E-state index in [0.717, 1.165) is 16.7 Å². The SMILES string of the molecule is CCOP(=O)(CC(=O)/C(C)=C/c1cc(C(C)(C)C)c(O)c(C(C)(C)C)c1)OCC. The smallest absolute Gasteiger partial charge is 0.338 e. The average molecular weight is 425 g/mol. The Kier molecular flexibility index (Phi) is 8.47. The van der Waals surface area contributed by atoms with Crippen molar-refractivity contribution in [3.63, 3.8) is 0 Å². The molecule has 0 unspecified atom stereocenters. The second-order valence-electron chi connectivity index (χ2n) is 9.32. The standard InChI is InChI=1S/C23H37O5P/c1-10-27-29(26,28-11-2)15-20(24)16(3)12-17-13-18(22(4,5)6)21(25)19(14-17)23(7,8)9/h12-14,25H,10-11,15H2,1-9H3/b16-12+. The highest BCUT2D eigenvalue weighted by atomic mass is 31.2. The molecule has 0 bridgehead atoms. The van der Waals surface area contributed by atoms with Gasteiger partial charge in [-0.25, -0.2) is 0 Å². The first-order valence-electron chi connectivity index (χ1n) is 10.1. The summed E-state index contributed by atoms with van der Waals surface area (Å²) in [6, 6.07) is 3.82. The van der Waals surface area contributed by atoms with Gasteiger partial charge in [-0.2, -0.15) is 0 Å². The van der Waals surface area contributed by atoms with Gasteiger partial charge in [0.05, 0.1) is 13.2 Å². The number of Topliss-reactive ketones (excluding diaryl/α,β-unsaturated/α-hetero) is 1. The van der Waals surface area contributed by atoms with Gasteiger partial charge in [0.2, 0.25) is 0 Å². The van der Waals surface area contributed by atoms with E-state index in [1.54, 1.807) is 26.8 Å². The van der Waals surface area contributed by atoms with Crippen molar-refractivity contribution in [3.05, 3.63) is 34.4 Å². The number of phenols is 1. The third-order valence-corrected chi connectivity index (χ3v) is 6.54. The van der Waals surface area contributed by atoms with Crippen LogP contribution in [0, 0.1) is 0 Å².